The molecule has 0 unspecified atom stereocenters. The summed E-state index contributed by atoms with van der Waals surface area (Å²) >= 11 is 0. The molecule has 2 saturated heterocycles. The number of hydrogen-bond acceptors (Lipinski definition) is 7. The van der Waals surface area contributed by atoms with Crippen LogP contribution in [0, 0.1) is 29.1 Å². The maximum Gasteiger partial charge on any atom is 0.226 e. The van der Waals surface area contributed by atoms with Gasteiger partial charge in [0.2, 0.25) is 17.7 Å². The lowest BCUT2D eigenvalue weighted by atomic mass is 9.71. The SMILES string of the molecule is CC(C)C[C@@H](NC(=O)[C@H](CC(=O)[C@H](N)Cc1ccccc1)Cc1ccccc1)C(=O)C[C@H](CCCCN)C(=O)N1CCC2(CC1)CN(C(=O)C1CC1)C2. The van der Waals surface area contributed by atoms with Crippen molar-refractivity contribution < 1.29 is 24.0 Å². The molecule has 5 rings (SSSR count). The monoisotopic (exact) mass is 727 g/mol. The van der Waals surface area contributed by atoms with Crippen molar-refractivity contribution in [2.75, 3.05) is 32.7 Å². The Labute approximate surface area is 315 Å². The summed E-state index contributed by atoms with van der Waals surface area (Å²) in [5.74, 6) is -1.30. The van der Waals surface area contributed by atoms with E-state index in [2.05, 4.69) is 5.32 Å². The molecule has 288 valence electrons. The lowest BCUT2D eigenvalue weighted by molar-refractivity contribution is -0.153. The summed E-state index contributed by atoms with van der Waals surface area (Å²) in [5, 5.41) is 3.05. The Hall–Kier alpha value is -3.89. The minimum Gasteiger partial charge on any atom is -0.346 e. The van der Waals surface area contributed by atoms with Gasteiger partial charge in [-0.2, -0.15) is 0 Å². The van der Waals surface area contributed by atoms with E-state index in [-0.39, 0.29) is 53.5 Å². The third kappa shape index (κ3) is 11.5. The van der Waals surface area contributed by atoms with Crippen LogP contribution in [-0.4, -0.2) is 83.9 Å². The van der Waals surface area contributed by atoms with Crippen molar-refractivity contribution in [2.45, 2.75) is 103 Å². The lowest BCUT2D eigenvalue weighted by Gasteiger charge is -2.54. The van der Waals surface area contributed by atoms with Crippen molar-refractivity contribution in [3.63, 3.8) is 0 Å². The molecule has 0 bridgehead atoms. The van der Waals surface area contributed by atoms with Gasteiger partial charge in [-0.05, 0) is 81.4 Å². The van der Waals surface area contributed by atoms with Crippen LogP contribution in [0.2, 0.25) is 0 Å². The summed E-state index contributed by atoms with van der Waals surface area (Å²) in [6.45, 7) is 7.35. The first-order valence-corrected chi connectivity index (χ1v) is 19.9. The molecule has 3 amide bonds. The molecule has 2 aromatic carbocycles. The Kier molecular flexibility index (Phi) is 14.4. The molecule has 10 nitrogen and oxygen atoms in total. The van der Waals surface area contributed by atoms with E-state index in [4.69, 9.17) is 11.5 Å². The van der Waals surface area contributed by atoms with Crippen LogP contribution < -0.4 is 16.8 Å². The van der Waals surface area contributed by atoms with Gasteiger partial charge in [0.15, 0.2) is 11.6 Å². The van der Waals surface area contributed by atoms with Gasteiger partial charge in [-0.3, -0.25) is 24.0 Å². The number of ketones is 2. The molecule has 2 aliphatic heterocycles. The van der Waals surface area contributed by atoms with Gasteiger partial charge in [0, 0.05) is 62.2 Å². The van der Waals surface area contributed by atoms with Crippen molar-refractivity contribution >= 4 is 29.3 Å². The van der Waals surface area contributed by atoms with E-state index in [9.17, 15) is 24.0 Å². The van der Waals surface area contributed by atoms with Gasteiger partial charge in [-0.1, -0.05) is 80.9 Å². The second kappa shape index (κ2) is 18.9. The summed E-state index contributed by atoms with van der Waals surface area (Å²) in [5.41, 5.74) is 14.1. The Morgan fingerprint density at radius 1 is 0.792 bits per heavy atom. The van der Waals surface area contributed by atoms with E-state index in [1.165, 1.54) is 0 Å². The van der Waals surface area contributed by atoms with Crippen LogP contribution in [0.5, 0.6) is 0 Å². The standard InChI is InChI=1S/C43H61N5O5/c1-30(2)23-37(46-40(51)35(24-31-11-5-3-6-12-31)27-38(49)36(45)25-32-13-7-4-8-14-32)39(50)26-34(15-9-10-20-44)42(53)47-21-18-43(19-22-47)28-48(29-43)41(52)33-16-17-33/h3-8,11-14,30,33-37H,9-10,15-29,44-45H2,1-2H3,(H,46,51)/t34-,35-,36+,37+/m0/s1. The number of rotatable bonds is 20. The molecule has 2 heterocycles. The Morgan fingerprint density at radius 2 is 1.38 bits per heavy atom. The Balaban J connectivity index is 1.23. The number of likely N-dealkylation sites (tertiary alicyclic amines) is 2. The highest BCUT2D eigenvalue weighted by Gasteiger charge is 2.50. The van der Waals surface area contributed by atoms with Crippen LogP contribution in [0.3, 0.4) is 0 Å². The van der Waals surface area contributed by atoms with E-state index < -0.39 is 23.9 Å². The number of carbonyl (C=O) groups excluding carboxylic acids is 5. The highest BCUT2D eigenvalue weighted by molar-refractivity contribution is 5.95. The maximum absolute atomic E-state index is 14.1. The van der Waals surface area contributed by atoms with E-state index in [0.29, 0.717) is 51.2 Å². The average Bonchev–Trinajstić information content (AvgIpc) is 3.99. The fraction of sp³-hybridized carbons (Fsp3) is 0.605. The topological polar surface area (TPSA) is 156 Å². The lowest BCUT2D eigenvalue weighted by Crippen LogP contribution is -2.62. The molecule has 53 heavy (non-hydrogen) atoms. The molecule has 3 fully saturated rings. The molecule has 5 N–H and O–H groups in total. The third-order valence-corrected chi connectivity index (χ3v) is 11.5. The van der Waals surface area contributed by atoms with Crippen LogP contribution >= 0.6 is 0 Å². The fourth-order valence-electron chi connectivity index (χ4n) is 8.08. The average molecular weight is 728 g/mol. The zero-order valence-corrected chi connectivity index (χ0v) is 31.8. The molecule has 1 spiro atoms. The number of Topliss-reactive ketones (excluding diaryl/α,β-unsaturated/α-hetero) is 2. The highest BCUT2D eigenvalue weighted by atomic mass is 16.2. The van der Waals surface area contributed by atoms with Crippen LogP contribution in [0.25, 0.3) is 0 Å². The molecule has 0 radical (unpaired) electrons. The predicted octanol–water partition coefficient (Wildman–Crippen LogP) is 4.47. The highest BCUT2D eigenvalue weighted by Crippen LogP contribution is 2.43. The molecular weight excluding hydrogens is 667 g/mol. The molecule has 10 heteroatoms. The van der Waals surface area contributed by atoms with Gasteiger partial charge < -0.3 is 26.6 Å². The first-order chi connectivity index (χ1) is 25.5. The Morgan fingerprint density at radius 3 is 1.94 bits per heavy atom. The smallest absolute Gasteiger partial charge is 0.226 e. The van der Waals surface area contributed by atoms with E-state index in [1.807, 2.05) is 84.3 Å². The molecular formula is C43H61N5O5. The zero-order valence-electron chi connectivity index (χ0n) is 31.8. The van der Waals surface area contributed by atoms with Crippen LogP contribution in [0.1, 0.15) is 89.2 Å². The van der Waals surface area contributed by atoms with E-state index >= 15 is 0 Å². The first-order valence-electron chi connectivity index (χ1n) is 19.9. The third-order valence-electron chi connectivity index (χ3n) is 11.5. The van der Waals surface area contributed by atoms with Gasteiger partial charge in [0.25, 0.3) is 0 Å². The Bertz CT molecular complexity index is 1530. The van der Waals surface area contributed by atoms with E-state index in [1.54, 1.807) is 0 Å². The van der Waals surface area contributed by atoms with Crippen molar-refractivity contribution in [2.24, 2.45) is 40.6 Å². The molecule has 0 aromatic heterocycles. The van der Waals surface area contributed by atoms with Crippen molar-refractivity contribution in [3.05, 3.63) is 71.8 Å². The number of nitrogens with one attached hydrogen (secondary N) is 1. The quantitative estimate of drug-likeness (QED) is 0.170. The summed E-state index contributed by atoms with van der Waals surface area (Å²) in [4.78, 5) is 72.1. The first kappa shape index (κ1) is 40.3. The number of hydrogen-bond donors (Lipinski definition) is 3. The van der Waals surface area contributed by atoms with Crippen molar-refractivity contribution in [1.29, 1.82) is 0 Å². The van der Waals surface area contributed by atoms with Crippen LogP contribution in [0.4, 0.5) is 0 Å². The fourth-order valence-corrected chi connectivity index (χ4v) is 8.08. The zero-order chi connectivity index (χ0) is 38.0. The molecule has 3 aliphatic rings. The second-order valence-corrected chi connectivity index (χ2v) is 16.5. The molecule has 2 aromatic rings. The summed E-state index contributed by atoms with van der Waals surface area (Å²) < 4.78 is 0. The van der Waals surface area contributed by atoms with Gasteiger partial charge in [0.1, 0.15) is 0 Å². The number of unbranched alkanes of at least 4 members (excludes halogenated alkanes) is 1. The summed E-state index contributed by atoms with van der Waals surface area (Å²) in [7, 11) is 0. The predicted molar refractivity (Wildman–Crippen MR) is 206 cm³/mol. The minimum atomic E-state index is -0.784. The van der Waals surface area contributed by atoms with Crippen LogP contribution in [-0.2, 0) is 36.8 Å². The number of benzene rings is 2. The van der Waals surface area contributed by atoms with Crippen LogP contribution in [0.15, 0.2) is 60.7 Å². The molecule has 1 aliphatic carbocycles. The second-order valence-electron chi connectivity index (χ2n) is 16.5. The van der Waals surface area contributed by atoms with Gasteiger partial charge in [-0.25, -0.2) is 0 Å². The number of piperidine rings is 1. The van der Waals surface area contributed by atoms with Gasteiger partial charge >= 0.3 is 0 Å². The normalized spacial score (nSPS) is 18.9. The summed E-state index contributed by atoms with van der Waals surface area (Å²) in [6, 6.07) is 17.6. The number of nitrogens with zero attached hydrogens (tertiary/aromatic N) is 2. The van der Waals surface area contributed by atoms with Gasteiger partial charge in [0.05, 0.1) is 12.1 Å². The van der Waals surface area contributed by atoms with Gasteiger partial charge in [-0.15, -0.1) is 0 Å². The van der Waals surface area contributed by atoms with E-state index in [0.717, 1.165) is 62.7 Å². The number of nitrogens with two attached hydrogens (primary N) is 2. The minimum absolute atomic E-state index is 0.00923. The largest absolute Gasteiger partial charge is 0.346 e. The van der Waals surface area contributed by atoms with Crippen molar-refractivity contribution in [1.82, 2.24) is 15.1 Å². The van der Waals surface area contributed by atoms with Crippen molar-refractivity contribution in [3.8, 4) is 0 Å². The maximum atomic E-state index is 14.1. The molecule has 4 atom stereocenters. The summed E-state index contributed by atoms with van der Waals surface area (Å²) in [6.07, 6.45) is 6.93. The molecule has 1 saturated carbocycles. The number of amides is 3. The number of carbonyl (C=O) groups is 5.